The molecule has 0 bridgehead atoms. The number of halogens is 3. The zero-order valence-corrected chi connectivity index (χ0v) is 16.1. The zero-order chi connectivity index (χ0) is 20.7. The SMILES string of the molecule is CC(C)[C@H](N=C1NS(=O)(=O)c2ccccc21)C(=O)Nc1nnc(C(F)(F)F)s1. The fourth-order valence-corrected chi connectivity index (χ4v) is 4.30. The molecule has 1 amide bonds. The fraction of sp³-hybridized carbons (Fsp3) is 0.333. The van der Waals surface area contributed by atoms with Gasteiger partial charge in [-0.3, -0.25) is 19.8 Å². The monoisotopic (exact) mass is 433 g/mol. The number of nitrogens with one attached hydrogen (secondary N) is 2. The average molecular weight is 433 g/mol. The predicted molar refractivity (Wildman–Crippen MR) is 95.5 cm³/mol. The lowest BCUT2D eigenvalue weighted by Gasteiger charge is -2.16. The minimum atomic E-state index is -4.66. The average Bonchev–Trinajstić information content (AvgIpc) is 3.15. The zero-order valence-electron chi connectivity index (χ0n) is 14.5. The highest BCUT2D eigenvalue weighted by atomic mass is 32.2. The first kappa shape index (κ1) is 20.2. The topological polar surface area (TPSA) is 113 Å². The lowest BCUT2D eigenvalue weighted by atomic mass is 10.0. The Kier molecular flexibility index (Phi) is 5.14. The van der Waals surface area contributed by atoms with Gasteiger partial charge in [-0.25, -0.2) is 8.42 Å². The molecule has 28 heavy (non-hydrogen) atoms. The summed E-state index contributed by atoms with van der Waals surface area (Å²) in [6, 6.07) is 5.07. The maximum atomic E-state index is 12.6. The Balaban J connectivity index is 1.88. The standard InChI is InChI=1S/C15H14F3N5O3S2/c1-7(2)10(12(24)20-14-22-21-13(27-14)15(16,17)18)19-11-8-5-3-4-6-9(8)28(25,26)23-11/h3-7,10H,1-2H3,(H,19,23)(H,20,22,24)/t10-/m0/s1. The van der Waals surface area contributed by atoms with Gasteiger partial charge < -0.3 is 0 Å². The van der Waals surface area contributed by atoms with Crippen LogP contribution in [0.25, 0.3) is 0 Å². The second kappa shape index (κ2) is 7.13. The van der Waals surface area contributed by atoms with Gasteiger partial charge in [0.2, 0.25) is 10.1 Å². The number of aromatic nitrogens is 2. The summed E-state index contributed by atoms with van der Waals surface area (Å²) in [6.45, 7) is 3.34. The number of alkyl halides is 3. The number of amidine groups is 1. The molecule has 1 aromatic heterocycles. The van der Waals surface area contributed by atoms with Gasteiger partial charge in [-0.15, -0.1) is 10.2 Å². The van der Waals surface area contributed by atoms with Crippen LogP contribution in [0.2, 0.25) is 0 Å². The third-order valence-corrected chi connectivity index (χ3v) is 6.01. The molecule has 0 saturated carbocycles. The number of hydrogen-bond donors (Lipinski definition) is 2. The second-order valence-electron chi connectivity index (χ2n) is 6.17. The molecule has 8 nitrogen and oxygen atoms in total. The summed E-state index contributed by atoms with van der Waals surface area (Å²) in [5.74, 6) is -1.10. The van der Waals surface area contributed by atoms with Crippen LogP contribution in [0.5, 0.6) is 0 Å². The summed E-state index contributed by atoms with van der Waals surface area (Å²) in [5, 5.41) is 7.06. The van der Waals surface area contributed by atoms with Gasteiger partial charge in [0.1, 0.15) is 11.9 Å². The van der Waals surface area contributed by atoms with Gasteiger partial charge in [-0.05, 0) is 18.1 Å². The first-order valence-electron chi connectivity index (χ1n) is 7.90. The molecular weight excluding hydrogens is 419 g/mol. The van der Waals surface area contributed by atoms with Crippen molar-refractivity contribution < 1.29 is 26.4 Å². The van der Waals surface area contributed by atoms with E-state index < -0.39 is 33.2 Å². The molecule has 1 atom stereocenters. The van der Waals surface area contributed by atoms with Crippen LogP contribution >= 0.6 is 11.3 Å². The number of sulfonamides is 1. The van der Waals surface area contributed by atoms with E-state index >= 15 is 0 Å². The van der Waals surface area contributed by atoms with Crippen molar-refractivity contribution in [1.29, 1.82) is 0 Å². The van der Waals surface area contributed by atoms with Crippen molar-refractivity contribution in [3.05, 3.63) is 34.8 Å². The van der Waals surface area contributed by atoms with Crippen LogP contribution in [0.3, 0.4) is 0 Å². The number of carbonyl (C=O) groups is 1. The largest absolute Gasteiger partial charge is 0.445 e. The van der Waals surface area contributed by atoms with Crippen molar-refractivity contribution in [2.24, 2.45) is 10.9 Å². The van der Waals surface area contributed by atoms with Crippen LogP contribution in [-0.2, 0) is 21.0 Å². The summed E-state index contributed by atoms with van der Waals surface area (Å²) in [7, 11) is -3.78. The smallest absolute Gasteiger partial charge is 0.299 e. The molecule has 1 aromatic carbocycles. The number of rotatable bonds is 4. The molecule has 0 fully saturated rings. The Morgan fingerprint density at radius 2 is 1.93 bits per heavy atom. The van der Waals surface area contributed by atoms with Crippen molar-refractivity contribution in [2.75, 3.05) is 5.32 Å². The highest BCUT2D eigenvalue weighted by Crippen LogP contribution is 2.33. The molecule has 0 radical (unpaired) electrons. The van der Waals surface area contributed by atoms with Gasteiger partial charge in [0.25, 0.3) is 15.9 Å². The molecule has 3 rings (SSSR count). The summed E-state index contributed by atoms with van der Waals surface area (Å²) >= 11 is 0.189. The van der Waals surface area contributed by atoms with Gasteiger partial charge in [-0.1, -0.05) is 37.3 Å². The molecule has 0 saturated heterocycles. The Bertz CT molecular complexity index is 1050. The van der Waals surface area contributed by atoms with E-state index in [2.05, 4.69) is 25.2 Å². The molecule has 150 valence electrons. The normalized spacial score (nSPS) is 18.0. The lowest BCUT2D eigenvalue weighted by Crippen LogP contribution is -2.34. The van der Waals surface area contributed by atoms with E-state index in [4.69, 9.17) is 0 Å². The van der Waals surface area contributed by atoms with Crippen LogP contribution < -0.4 is 10.0 Å². The molecule has 2 N–H and O–H groups in total. The van der Waals surface area contributed by atoms with Gasteiger partial charge >= 0.3 is 6.18 Å². The van der Waals surface area contributed by atoms with E-state index in [1.807, 2.05) is 0 Å². The molecule has 2 aromatic rings. The molecule has 0 unspecified atom stereocenters. The Morgan fingerprint density at radius 1 is 1.25 bits per heavy atom. The highest BCUT2D eigenvalue weighted by molar-refractivity contribution is 7.90. The van der Waals surface area contributed by atoms with Crippen molar-refractivity contribution >= 4 is 38.2 Å². The van der Waals surface area contributed by atoms with Gasteiger partial charge in [-0.2, -0.15) is 13.2 Å². The van der Waals surface area contributed by atoms with E-state index in [0.29, 0.717) is 5.56 Å². The lowest BCUT2D eigenvalue weighted by molar-refractivity contribution is -0.138. The highest BCUT2D eigenvalue weighted by Gasteiger charge is 2.36. The number of aliphatic imine (C=N–C) groups is 1. The van der Waals surface area contributed by atoms with E-state index in [-0.39, 0.29) is 33.1 Å². The minimum Gasteiger partial charge on any atom is -0.299 e. The minimum absolute atomic E-state index is 0.00213. The Labute approximate surface area is 161 Å². The Hall–Kier alpha value is -2.54. The molecule has 0 spiro atoms. The third-order valence-electron chi connectivity index (χ3n) is 3.73. The number of fused-ring (bicyclic) bond motifs is 1. The number of amides is 1. The van der Waals surface area contributed by atoms with Crippen molar-refractivity contribution in [3.8, 4) is 0 Å². The number of carbonyl (C=O) groups excluding carboxylic acids is 1. The molecule has 1 aliphatic rings. The molecular formula is C15H14F3N5O3S2. The van der Waals surface area contributed by atoms with Gasteiger partial charge in [0, 0.05) is 5.56 Å². The van der Waals surface area contributed by atoms with Gasteiger partial charge in [0.15, 0.2) is 0 Å². The van der Waals surface area contributed by atoms with E-state index in [9.17, 15) is 26.4 Å². The fourth-order valence-electron chi connectivity index (χ4n) is 2.45. The Morgan fingerprint density at radius 3 is 2.54 bits per heavy atom. The van der Waals surface area contributed by atoms with Crippen molar-refractivity contribution in [1.82, 2.24) is 14.9 Å². The van der Waals surface area contributed by atoms with Crippen molar-refractivity contribution in [3.63, 3.8) is 0 Å². The van der Waals surface area contributed by atoms with Crippen LogP contribution in [0.4, 0.5) is 18.3 Å². The number of hydrogen-bond acceptors (Lipinski definition) is 7. The third kappa shape index (κ3) is 3.99. The van der Waals surface area contributed by atoms with E-state index in [1.54, 1.807) is 32.0 Å². The van der Waals surface area contributed by atoms with E-state index in [1.165, 1.54) is 6.07 Å². The molecule has 0 aliphatic carbocycles. The van der Waals surface area contributed by atoms with Crippen LogP contribution in [0, 0.1) is 5.92 Å². The van der Waals surface area contributed by atoms with Crippen LogP contribution in [-0.4, -0.2) is 36.4 Å². The summed E-state index contributed by atoms with van der Waals surface area (Å²) in [5.41, 5.74) is 0.316. The molecule has 1 aliphatic heterocycles. The second-order valence-corrected chi connectivity index (χ2v) is 8.80. The summed E-state index contributed by atoms with van der Waals surface area (Å²) in [6.07, 6.45) is -4.66. The van der Waals surface area contributed by atoms with Crippen molar-refractivity contribution in [2.45, 2.75) is 31.0 Å². The van der Waals surface area contributed by atoms with Crippen LogP contribution in [0.1, 0.15) is 24.4 Å². The number of nitrogens with zero attached hydrogens (tertiary/aromatic N) is 3. The number of anilines is 1. The maximum Gasteiger partial charge on any atom is 0.445 e. The first-order valence-corrected chi connectivity index (χ1v) is 10.2. The first-order chi connectivity index (χ1) is 13.0. The van der Waals surface area contributed by atoms with Gasteiger partial charge in [0.05, 0.1) is 4.90 Å². The number of benzene rings is 1. The molecule has 13 heteroatoms. The summed E-state index contributed by atoms with van der Waals surface area (Å²) in [4.78, 5) is 16.8. The molecule has 2 heterocycles. The summed E-state index contributed by atoms with van der Waals surface area (Å²) < 4.78 is 64.5. The van der Waals surface area contributed by atoms with E-state index in [0.717, 1.165) is 0 Å². The predicted octanol–water partition coefficient (Wildman–Crippen LogP) is 2.26. The maximum absolute atomic E-state index is 12.6. The quantitative estimate of drug-likeness (QED) is 0.768. The van der Waals surface area contributed by atoms with Crippen LogP contribution in [0.15, 0.2) is 34.2 Å².